The van der Waals surface area contributed by atoms with Gasteiger partial charge in [-0.25, -0.2) is 8.78 Å². The Labute approximate surface area is 240 Å². The van der Waals surface area contributed by atoms with Crippen molar-refractivity contribution in [2.45, 2.75) is 11.8 Å². The molecule has 0 saturated heterocycles. The van der Waals surface area contributed by atoms with Crippen LogP contribution < -0.4 is 0 Å². The second-order valence-corrected chi connectivity index (χ2v) is 10.2. The summed E-state index contributed by atoms with van der Waals surface area (Å²) in [7, 11) is 1.73. The van der Waals surface area contributed by atoms with Crippen molar-refractivity contribution >= 4 is 11.1 Å². The van der Waals surface area contributed by atoms with Gasteiger partial charge in [-0.05, 0) is 80.8 Å². The molecule has 1 aliphatic carbocycles. The number of benzene rings is 5. The molecular weight excluding hydrogens is 510 g/mol. The number of rotatable bonds is 8. The SMILES string of the molecule is COCCC1=C(c2ccccc2)C(=C(c2ccc(F)cc2)c2ccc(F)cc2)C1(c1ccccc1)c1ccccc1. The second kappa shape index (κ2) is 11.5. The van der Waals surface area contributed by atoms with Gasteiger partial charge in [0.15, 0.2) is 0 Å². The zero-order valence-corrected chi connectivity index (χ0v) is 22.9. The van der Waals surface area contributed by atoms with Crippen molar-refractivity contribution in [1.82, 2.24) is 0 Å². The third kappa shape index (κ3) is 4.73. The zero-order chi connectivity index (χ0) is 28.2. The molecule has 41 heavy (non-hydrogen) atoms. The first-order valence-corrected chi connectivity index (χ1v) is 13.8. The summed E-state index contributed by atoms with van der Waals surface area (Å²) in [5.74, 6) is -0.606. The van der Waals surface area contributed by atoms with E-state index in [0.29, 0.717) is 13.0 Å². The minimum atomic E-state index is -0.621. The van der Waals surface area contributed by atoms with E-state index in [1.807, 2.05) is 54.6 Å². The first-order chi connectivity index (χ1) is 20.1. The number of ether oxygens (including phenoxy) is 1. The van der Waals surface area contributed by atoms with E-state index in [9.17, 15) is 8.78 Å². The molecule has 202 valence electrons. The Kier molecular flexibility index (Phi) is 7.45. The quantitative estimate of drug-likeness (QED) is 0.191. The molecule has 0 N–H and O–H groups in total. The molecule has 5 aromatic rings. The van der Waals surface area contributed by atoms with Gasteiger partial charge in [0.2, 0.25) is 0 Å². The largest absolute Gasteiger partial charge is 0.384 e. The number of halogens is 2. The molecule has 0 fully saturated rings. The van der Waals surface area contributed by atoms with E-state index in [4.69, 9.17) is 4.74 Å². The van der Waals surface area contributed by atoms with Crippen molar-refractivity contribution in [2.24, 2.45) is 0 Å². The van der Waals surface area contributed by atoms with E-state index in [0.717, 1.165) is 44.5 Å². The van der Waals surface area contributed by atoms with Gasteiger partial charge in [0.25, 0.3) is 0 Å². The van der Waals surface area contributed by atoms with E-state index in [2.05, 4.69) is 60.7 Å². The van der Waals surface area contributed by atoms with Gasteiger partial charge in [0, 0.05) is 13.7 Å². The first kappa shape index (κ1) is 26.6. The van der Waals surface area contributed by atoms with E-state index < -0.39 is 5.41 Å². The summed E-state index contributed by atoms with van der Waals surface area (Å²) < 4.78 is 34.1. The fourth-order valence-corrected chi connectivity index (χ4v) is 6.24. The van der Waals surface area contributed by atoms with Crippen LogP contribution in [0, 0.1) is 11.6 Å². The standard InChI is InChI=1S/C38H30F2O/c1-41-26-25-34-36(27-11-5-2-6-12-27)37(38(34,30-13-7-3-8-14-30)31-15-9-4-10-16-31)35(28-17-21-32(39)22-18-28)29-19-23-33(40)24-20-29/h2-24H,25-26H2,1H3. The Morgan fingerprint density at radius 2 is 1.02 bits per heavy atom. The van der Waals surface area contributed by atoms with Crippen LogP contribution in [-0.4, -0.2) is 13.7 Å². The predicted molar refractivity (Wildman–Crippen MR) is 162 cm³/mol. The fourth-order valence-electron chi connectivity index (χ4n) is 6.24. The number of allylic oxidation sites excluding steroid dienone is 2. The third-order valence-corrected chi connectivity index (χ3v) is 7.93. The number of hydrogen-bond donors (Lipinski definition) is 0. The highest BCUT2D eigenvalue weighted by atomic mass is 19.1. The zero-order valence-electron chi connectivity index (χ0n) is 22.9. The molecular formula is C38H30F2O. The average Bonchev–Trinajstić information content (AvgIpc) is 3.02. The van der Waals surface area contributed by atoms with Crippen LogP contribution in [0.2, 0.25) is 0 Å². The van der Waals surface area contributed by atoms with Gasteiger partial charge in [-0.3, -0.25) is 0 Å². The van der Waals surface area contributed by atoms with Crippen LogP contribution in [-0.2, 0) is 10.2 Å². The van der Waals surface area contributed by atoms with Crippen LogP contribution in [0.4, 0.5) is 8.78 Å². The average molecular weight is 541 g/mol. The normalized spacial score (nSPS) is 14.1. The maximum atomic E-state index is 14.2. The maximum absolute atomic E-state index is 14.2. The summed E-state index contributed by atoms with van der Waals surface area (Å²) in [6, 6.07) is 44.7. The Hall–Kier alpha value is -4.60. The summed E-state index contributed by atoms with van der Waals surface area (Å²) in [6.07, 6.45) is 0.716. The molecule has 0 saturated carbocycles. The van der Waals surface area contributed by atoms with Gasteiger partial charge < -0.3 is 4.74 Å². The van der Waals surface area contributed by atoms with Gasteiger partial charge >= 0.3 is 0 Å². The number of methoxy groups -OCH3 is 1. The van der Waals surface area contributed by atoms with Gasteiger partial charge in [0.1, 0.15) is 11.6 Å². The van der Waals surface area contributed by atoms with Crippen LogP contribution >= 0.6 is 0 Å². The molecule has 0 unspecified atom stereocenters. The molecule has 0 radical (unpaired) electrons. The topological polar surface area (TPSA) is 9.23 Å². The predicted octanol–water partition coefficient (Wildman–Crippen LogP) is 9.26. The molecule has 1 aliphatic rings. The van der Waals surface area contributed by atoms with E-state index in [1.165, 1.54) is 29.8 Å². The third-order valence-electron chi connectivity index (χ3n) is 7.93. The summed E-state index contributed by atoms with van der Waals surface area (Å²) in [4.78, 5) is 0. The summed E-state index contributed by atoms with van der Waals surface area (Å²) in [5.41, 5.74) is 8.90. The minimum Gasteiger partial charge on any atom is -0.384 e. The molecule has 0 heterocycles. The lowest BCUT2D eigenvalue weighted by atomic mass is 9.50. The molecule has 0 bridgehead atoms. The lowest BCUT2D eigenvalue weighted by Crippen LogP contribution is -2.43. The van der Waals surface area contributed by atoms with Crippen molar-refractivity contribution in [3.05, 3.63) is 190 Å². The Morgan fingerprint density at radius 3 is 1.46 bits per heavy atom. The number of hydrogen-bond acceptors (Lipinski definition) is 1. The summed E-state index contributed by atoms with van der Waals surface area (Å²) in [6.45, 7) is 0.558. The van der Waals surface area contributed by atoms with Crippen LogP contribution in [0.5, 0.6) is 0 Å². The monoisotopic (exact) mass is 540 g/mol. The van der Waals surface area contributed by atoms with Crippen molar-refractivity contribution < 1.29 is 13.5 Å². The Balaban J connectivity index is 1.82. The lowest BCUT2D eigenvalue weighted by molar-refractivity contribution is 0.199. The van der Waals surface area contributed by atoms with Gasteiger partial charge in [0.05, 0.1) is 5.41 Å². The highest BCUT2D eigenvalue weighted by molar-refractivity contribution is 6.07. The Bertz CT molecular complexity index is 1600. The molecule has 6 rings (SSSR count). The minimum absolute atomic E-state index is 0.303. The summed E-state index contributed by atoms with van der Waals surface area (Å²) in [5, 5.41) is 0. The summed E-state index contributed by atoms with van der Waals surface area (Å²) >= 11 is 0. The molecule has 0 atom stereocenters. The molecule has 0 spiro atoms. The van der Waals surface area contributed by atoms with Gasteiger partial charge in [-0.1, -0.05) is 115 Å². The van der Waals surface area contributed by atoms with Crippen LogP contribution in [0.15, 0.2) is 151 Å². The van der Waals surface area contributed by atoms with Crippen molar-refractivity contribution in [2.75, 3.05) is 13.7 Å². The molecule has 1 nitrogen and oxygen atoms in total. The highest BCUT2D eigenvalue weighted by Crippen LogP contribution is 2.64. The van der Waals surface area contributed by atoms with Crippen LogP contribution in [0.1, 0.15) is 34.2 Å². The molecule has 0 amide bonds. The van der Waals surface area contributed by atoms with E-state index in [1.54, 1.807) is 7.11 Å². The molecule has 5 aromatic carbocycles. The van der Waals surface area contributed by atoms with Gasteiger partial charge in [-0.15, -0.1) is 0 Å². The molecule has 0 aromatic heterocycles. The van der Waals surface area contributed by atoms with E-state index >= 15 is 0 Å². The van der Waals surface area contributed by atoms with Crippen molar-refractivity contribution in [1.29, 1.82) is 0 Å². The smallest absolute Gasteiger partial charge is 0.123 e. The highest BCUT2D eigenvalue weighted by Gasteiger charge is 2.53. The second-order valence-electron chi connectivity index (χ2n) is 10.2. The first-order valence-electron chi connectivity index (χ1n) is 13.8. The van der Waals surface area contributed by atoms with E-state index in [-0.39, 0.29) is 11.6 Å². The van der Waals surface area contributed by atoms with Gasteiger partial charge in [-0.2, -0.15) is 0 Å². The van der Waals surface area contributed by atoms with Crippen LogP contribution in [0.3, 0.4) is 0 Å². The van der Waals surface area contributed by atoms with Crippen molar-refractivity contribution in [3.63, 3.8) is 0 Å². The fraction of sp³-hybridized carbons (Fsp3) is 0.105. The maximum Gasteiger partial charge on any atom is 0.123 e. The van der Waals surface area contributed by atoms with Crippen molar-refractivity contribution in [3.8, 4) is 0 Å². The Morgan fingerprint density at radius 1 is 0.585 bits per heavy atom. The lowest BCUT2D eigenvalue weighted by Gasteiger charge is -2.51. The molecule has 3 heteroatoms. The molecule has 0 aliphatic heterocycles. The van der Waals surface area contributed by atoms with Crippen LogP contribution in [0.25, 0.3) is 11.1 Å².